The zero-order valence-electron chi connectivity index (χ0n) is 19.0. The molecule has 178 valence electrons. The number of aromatic nitrogens is 4. The third-order valence-electron chi connectivity index (χ3n) is 5.69. The predicted molar refractivity (Wildman–Crippen MR) is 123 cm³/mol. The predicted octanol–water partition coefficient (Wildman–Crippen LogP) is 2.37. The second-order valence-electron chi connectivity index (χ2n) is 8.06. The van der Waals surface area contributed by atoms with Gasteiger partial charge in [-0.3, -0.25) is 4.79 Å². The first-order valence-corrected chi connectivity index (χ1v) is 11.0. The van der Waals surface area contributed by atoms with Crippen LogP contribution in [0.15, 0.2) is 36.7 Å². The number of pyridine rings is 1. The van der Waals surface area contributed by atoms with Gasteiger partial charge in [-0.1, -0.05) is 6.07 Å². The number of hydrogen-bond acceptors (Lipinski definition) is 6. The van der Waals surface area contributed by atoms with E-state index in [0.29, 0.717) is 37.6 Å². The molecule has 3 heterocycles. The summed E-state index contributed by atoms with van der Waals surface area (Å²) in [4.78, 5) is 31.1. The molecule has 0 bridgehead atoms. The summed E-state index contributed by atoms with van der Waals surface area (Å²) in [7, 11) is 0. The summed E-state index contributed by atoms with van der Waals surface area (Å²) in [6.07, 6.45) is 2.01. The summed E-state index contributed by atoms with van der Waals surface area (Å²) in [6.45, 7) is 4.85. The van der Waals surface area contributed by atoms with Crippen LogP contribution in [0.2, 0.25) is 0 Å². The van der Waals surface area contributed by atoms with Crippen molar-refractivity contribution in [2.75, 3.05) is 25.0 Å². The zero-order chi connectivity index (χ0) is 24.2. The number of anilines is 1. The molecule has 11 heteroatoms. The van der Waals surface area contributed by atoms with Crippen LogP contribution in [0.5, 0.6) is 0 Å². The number of hydrogen-bond donors (Lipinski definition) is 3. The molecule has 1 atom stereocenters. The molecule has 1 aliphatic rings. The average Bonchev–Trinajstić information content (AvgIpc) is 3.33. The highest BCUT2D eigenvalue weighted by molar-refractivity contribution is 6.04. The van der Waals surface area contributed by atoms with Crippen molar-refractivity contribution in [2.45, 2.75) is 32.9 Å². The highest BCUT2D eigenvalue weighted by Gasteiger charge is 2.24. The van der Waals surface area contributed by atoms with Crippen molar-refractivity contribution in [1.82, 2.24) is 30.0 Å². The van der Waals surface area contributed by atoms with E-state index in [1.165, 1.54) is 18.5 Å². The molecule has 10 nitrogen and oxygen atoms in total. The standard InChI is InChI=1S/C23H26FN7O3/c1-3-25-23(34)30-8-7-15-10-18(24)17(9-16(15)11-30)22(33)28-20-6-4-5-19(27-20)21-29-26-13-31(21)14(2)12-32/h4-6,9-10,13-14,32H,3,7-8,11-12H2,1-2H3,(H,25,34)(H,27,28,33)/t14-/m1/s1. The van der Waals surface area contributed by atoms with Crippen LogP contribution < -0.4 is 10.6 Å². The highest BCUT2D eigenvalue weighted by Crippen LogP contribution is 2.24. The SMILES string of the molecule is CCNC(=O)N1CCc2cc(F)c(C(=O)Nc3cccc(-c4nncn4[C@H](C)CO)n3)cc2C1. The van der Waals surface area contributed by atoms with E-state index in [9.17, 15) is 19.1 Å². The molecule has 0 aliphatic carbocycles. The molecule has 0 fully saturated rings. The molecule has 0 unspecified atom stereocenters. The molecule has 34 heavy (non-hydrogen) atoms. The molecule has 1 aromatic carbocycles. The first-order chi connectivity index (χ1) is 16.4. The summed E-state index contributed by atoms with van der Waals surface area (Å²) in [6, 6.07) is 7.40. The van der Waals surface area contributed by atoms with Crippen LogP contribution in [-0.4, -0.2) is 61.4 Å². The van der Waals surface area contributed by atoms with Gasteiger partial charge in [0, 0.05) is 19.6 Å². The Morgan fingerprint density at radius 3 is 2.85 bits per heavy atom. The van der Waals surface area contributed by atoms with Crippen molar-refractivity contribution in [3.63, 3.8) is 0 Å². The minimum atomic E-state index is -0.648. The second kappa shape index (κ2) is 9.96. The number of carbonyl (C=O) groups excluding carboxylic acids is 2. The molecule has 4 rings (SSSR count). The van der Waals surface area contributed by atoms with Crippen molar-refractivity contribution in [2.24, 2.45) is 0 Å². The maximum atomic E-state index is 14.8. The van der Waals surface area contributed by atoms with Gasteiger partial charge in [0.2, 0.25) is 0 Å². The number of amides is 3. The third-order valence-corrected chi connectivity index (χ3v) is 5.69. The van der Waals surface area contributed by atoms with Crippen LogP contribution in [0, 0.1) is 5.82 Å². The number of carbonyl (C=O) groups is 2. The lowest BCUT2D eigenvalue weighted by molar-refractivity contribution is 0.102. The number of rotatable bonds is 6. The van der Waals surface area contributed by atoms with E-state index in [1.807, 2.05) is 13.8 Å². The lowest BCUT2D eigenvalue weighted by Gasteiger charge is -2.29. The molecule has 3 amide bonds. The first kappa shape index (κ1) is 23.3. The van der Waals surface area contributed by atoms with Gasteiger partial charge in [0.15, 0.2) is 5.82 Å². The largest absolute Gasteiger partial charge is 0.394 e. The fourth-order valence-corrected chi connectivity index (χ4v) is 3.84. The van der Waals surface area contributed by atoms with Gasteiger partial charge >= 0.3 is 6.03 Å². The molecule has 3 N–H and O–H groups in total. The quantitative estimate of drug-likeness (QED) is 0.511. The van der Waals surface area contributed by atoms with Crippen LogP contribution >= 0.6 is 0 Å². The van der Waals surface area contributed by atoms with Gasteiger partial charge in [0.25, 0.3) is 5.91 Å². The van der Waals surface area contributed by atoms with Gasteiger partial charge in [-0.25, -0.2) is 14.2 Å². The molecule has 2 aromatic heterocycles. The smallest absolute Gasteiger partial charge is 0.317 e. The molecular weight excluding hydrogens is 441 g/mol. The first-order valence-electron chi connectivity index (χ1n) is 11.0. The molecule has 1 aliphatic heterocycles. The number of halogens is 1. The number of aliphatic hydroxyl groups excluding tert-OH is 1. The second-order valence-corrected chi connectivity index (χ2v) is 8.06. The number of nitrogens with zero attached hydrogens (tertiary/aromatic N) is 5. The van der Waals surface area contributed by atoms with Gasteiger partial charge in [-0.15, -0.1) is 10.2 Å². The van der Waals surface area contributed by atoms with Crippen LogP contribution in [0.3, 0.4) is 0 Å². The summed E-state index contributed by atoms with van der Waals surface area (Å²) in [5.41, 5.74) is 1.84. The van der Waals surface area contributed by atoms with E-state index < -0.39 is 11.7 Å². The Labute approximate surface area is 195 Å². The van der Waals surface area contributed by atoms with Gasteiger partial charge in [0.1, 0.15) is 23.7 Å². The molecule has 0 saturated carbocycles. The number of fused-ring (bicyclic) bond motifs is 1. The van der Waals surface area contributed by atoms with Crippen LogP contribution in [0.4, 0.5) is 15.0 Å². The summed E-state index contributed by atoms with van der Waals surface area (Å²) >= 11 is 0. The molecular formula is C23H26FN7O3. The van der Waals surface area contributed by atoms with Crippen LogP contribution in [0.25, 0.3) is 11.5 Å². The Morgan fingerprint density at radius 2 is 2.09 bits per heavy atom. The fourth-order valence-electron chi connectivity index (χ4n) is 3.84. The number of aliphatic hydroxyl groups is 1. The van der Waals surface area contributed by atoms with Crippen LogP contribution in [0.1, 0.15) is 41.4 Å². The zero-order valence-corrected chi connectivity index (χ0v) is 19.0. The molecule has 0 radical (unpaired) electrons. The fraction of sp³-hybridized carbons (Fsp3) is 0.348. The maximum Gasteiger partial charge on any atom is 0.317 e. The minimum Gasteiger partial charge on any atom is -0.394 e. The maximum absolute atomic E-state index is 14.8. The number of nitrogens with one attached hydrogen (secondary N) is 2. The van der Waals surface area contributed by atoms with E-state index in [2.05, 4.69) is 25.8 Å². The number of benzene rings is 1. The average molecular weight is 468 g/mol. The van der Waals surface area contributed by atoms with Gasteiger partial charge in [-0.2, -0.15) is 0 Å². The van der Waals surface area contributed by atoms with Gasteiger partial charge < -0.3 is 25.2 Å². The normalized spacial score (nSPS) is 13.8. The van der Waals surface area contributed by atoms with E-state index >= 15 is 0 Å². The summed E-state index contributed by atoms with van der Waals surface area (Å²) in [5.74, 6) is -0.626. The van der Waals surface area contributed by atoms with Crippen molar-refractivity contribution >= 4 is 17.8 Å². The van der Waals surface area contributed by atoms with Crippen molar-refractivity contribution in [1.29, 1.82) is 0 Å². The Balaban J connectivity index is 1.55. The van der Waals surface area contributed by atoms with Crippen LogP contribution in [-0.2, 0) is 13.0 Å². The molecule has 0 spiro atoms. The van der Waals surface area contributed by atoms with E-state index in [4.69, 9.17) is 0 Å². The van der Waals surface area contributed by atoms with E-state index in [-0.39, 0.29) is 30.1 Å². The lowest BCUT2D eigenvalue weighted by atomic mass is 9.96. The van der Waals surface area contributed by atoms with Gasteiger partial charge in [0.05, 0.1) is 18.2 Å². The lowest BCUT2D eigenvalue weighted by Crippen LogP contribution is -2.42. The Kier molecular flexibility index (Phi) is 6.82. The summed E-state index contributed by atoms with van der Waals surface area (Å²) in [5, 5.41) is 22.8. The Morgan fingerprint density at radius 1 is 1.26 bits per heavy atom. The molecule has 0 saturated heterocycles. The monoisotopic (exact) mass is 467 g/mol. The van der Waals surface area contributed by atoms with Crippen molar-refractivity contribution in [3.8, 4) is 11.5 Å². The van der Waals surface area contributed by atoms with E-state index in [1.54, 1.807) is 27.7 Å². The minimum absolute atomic E-state index is 0.101. The van der Waals surface area contributed by atoms with Gasteiger partial charge in [-0.05, 0) is 55.7 Å². The third kappa shape index (κ3) is 4.74. The number of urea groups is 1. The Hall–Kier alpha value is -3.86. The Bertz CT molecular complexity index is 1210. The topological polar surface area (TPSA) is 125 Å². The van der Waals surface area contributed by atoms with Crippen molar-refractivity contribution < 1.29 is 19.1 Å². The highest BCUT2D eigenvalue weighted by atomic mass is 19.1. The molecule has 3 aromatic rings. The van der Waals surface area contributed by atoms with E-state index in [0.717, 1.165) is 11.1 Å². The van der Waals surface area contributed by atoms with Crippen molar-refractivity contribution in [3.05, 3.63) is 59.2 Å². The summed E-state index contributed by atoms with van der Waals surface area (Å²) < 4.78 is 16.4.